The first-order valence-corrected chi connectivity index (χ1v) is 6.96. The van der Waals surface area contributed by atoms with Gasteiger partial charge >= 0.3 is 0 Å². The van der Waals surface area contributed by atoms with Gasteiger partial charge in [0.25, 0.3) is 0 Å². The molecule has 1 aliphatic carbocycles. The third-order valence-corrected chi connectivity index (χ3v) is 3.76. The van der Waals surface area contributed by atoms with Crippen LogP contribution in [0.3, 0.4) is 0 Å². The standard InChI is InChI=1S/C16H19N3O/c1-20-15-10-9-13(17)16(19-15)18-14-8-4-6-11-5-2-3-7-12(11)14/h4,6,8-10H,2-3,5,7,17H2,1H3,(H,18,19). The molecule has 0 saturated heterocycles. The number of nitrogens with zero attached hydrogens (tertiary/aromatic N) is 1. The summed E-state index contributed by atoms with van der Waals surface area (Å²) in [5.74, 6) is 1.22. The van der Waals surface area contributed by atoms with Crippen LogP contribution in [0.25, 0.3) is 0 Å². The number of methoxy groups -OCH3 is 1. The molecule has 3 N–H and O–H groups in total. The molecular formula is C16H19N3O. The van der Waals surface area contributed by atoms with Crippen molar-refractivity contribution in [3.05, 3.63) is 41.5 Å². The minimum absolute atomic E-state index is 0.562. The number of nitrogens with one attached hydrogen (secondary N) is 1. The van der Waals surface area contributed by atoms with E-state index >= 15 is 0 Å². The van der Waals surface area contributed by atoms with Crippen LogP contribution in [0.5, 0.6) is 5.88 Å². The predicted octanol–water partition coefficient (Wildman–Crippen LogP) is 3.29. The van der Waals surface area contributed by atoms with Gasteiger partial charge in [0.05, 0.1) is 12.8 Å². The Hall–Kier alpha value is -2.23. The molecule has 104 valence electrons. The van der Waals surface area contributed by atoms with Crippen LogP contribution in [-0.2, 0) is 12.8 Å². The van der Waals surface area contributed by atoms with Crippen LogP contribution in [0.2, 0.25) is 0 Å². The number of nitrogens with two attached hydrogens (primary N) is 1. The Morgan fingerprint density at radius 1 is 1.15 bits per heavy atom. The van der Waals surface area contributed by atoms with Gasteiger partial charge in [0.1, 0.15) is 0 Å². The maximum Gasteiger partial charge on any atom is 0.215 e. The topological polar surface area (TPSA) is 60.2 Å². The molecule has 2 aromatic rings. The second kappa shape index (κ2) is 5.41. The number of fused-ring (bicyclic) bond motifs is 1. The highest BCUT2D eigenvalue weighted by Crippen LogP contribution is 2.31. The number of benzene rings is 1. The van der Waals surface area contributed by atoms with Crippen molar-refractivity contribution in [3.63, 3.8) is 0 Å². The SMILES string of the molecule is COc1ccc(N)c(Nc2cccc3c2CCCC3)n1. The minimum Gasteiger partial charge on any atom is -0.481 e. The van der Waals surface area contributed by atoms with Crippen molar-refractivity contribution in [3.8, 4) is 5.88 Å². The maximum absolute atomic E-state index is 5.99. The number of nitrogen functional groups attached to an aromatic ring is 1. The first-order chi connectivity index (χ1) is 9.78. The average molecular weight is 269 g/mol. The molecule has 1 aromatic carbocycles. The van der Waals surface area contributed by atoms with Crippen LogP contribution in [-0.4, -0.2) is 12.1 Å². The van der Waals surface area contributed by atoms with E-state index in [-0.39, 0.29) is 0 Å². The van der Waals surface area contributed by atoms with E-state index in [1.165, 1.54) is 24.0 Å². The molecule has 4 nitrogen and oxygen atoms in total. The lowest BCUT2D eigenvalue weighted by molar-refractivity contribution is 0.398. The van der Waals surface area contributed by atoms with E-state index in [0.717, 1.165) is 18.5 Å². The summed E-state index contributed by atoms with van der Waals surface area (Å²) in [5.41, 5.74) is 10.5. The first kappa shape index (κ1) is 12.8. The summed E-state index contributed by atoms with van der Waals surface area (Å²) in [7, 11) is 1.60. The molecule has 0 fully saturated rings. The number of pyridine rings is 1. The van der Waals surface area contributed by atoms with E-state index in [4.69, 9.17) is 10.5 Å². The van der Waals surface area contributed by atoms with Crippen molar-refractivity contribution < 1.29 is 4.74 Å². The average Bonchev–Trinajstić information content (AvgIpc) is 2.50. The third kappa shape index (κ3) is 2.41. The Morgan fingerprint density at radius 2 is 2.00 bits per heavy atom. The molecule has 0 spiro atoms. The van der Waals surface area contributed by atoms with Gasteiger partial charge in [-0.2, -0.15) is 4.98 Å². The lowest BCUT2D eigenvalue weighted by Crippen LogP contribution is -2.08. The molecule has 0 saturated carbocycles. The number of hydrogen-bond acceptors (Lipinski definition) is 4. The number of anilines is 3. The van der Waals surface area contributed by atoms with Crippen molar-refractivity contribution in [2.75, 3.05) is 18.2 Å². The Balaban J connectivity index is 1.95. The summed E-state index contributed by atoms with van der Waals surface area (Å²) in [5, 5.41) is 3.36. The Morgan fingerprint density at radius 3 is 2.85 bits per heavy atom. The van der Waals surface area contributed by atoms with Gasteiger partial charge in [-0.15, -0.1) is 0 Å². The van der Waals surface area contributed by atoms with Gasteiger partial charge in [-0.3, -0.25) is 0 Å². The molecule has 0 atom stereocenters. The number of ether oxygens (including phenoxy) is 1. The molecule has 0 radical (unpaired) electrons. The molecule has 0 amide bonds. The Labute approximate surface area is 119 Å². The highest BCUT2D eigenvalue weighted by Gasteiger charge is 2.14. The largest absolute Gasteiger partial charge is 0.481 e. The van der Waals surface area contributed by atoms with E-state index in [2.05, 4.69) is 28.5 Å². The first-order valence-electron chi connectivity index (χ1n) is 6.96. The minimum atomic E-state index is 0.562. The Bertz CT molecular complexity index is 625. The van der Waals surface area contributed by atoms with Gasteiger partial charge < -0.3 is 15.8 Å². The van der Waals surface area contributed by atoms with Crippen molar-refractivity contribution in [2.45, 2.75) is 25.7 Å². The highest BCUT2D eigenvalue weighted by atomic mass is 16.5. The lowest BCUT2D eigenvalue weighted by atomic mass is 9.90. The van der Waals surface area contributed by atoms with Crippen molar-refractivity contribution in [2.24, 2.45) is 0 Å². The molecule has 0 bridgehead atoms. The normalized spacial score (nSPS) is 13.7. The number of hydrogen-bond donors (Lipinski definition) is 2. The lowest BCUT2D eigenvalue weighted by Gasteiger charge is -2.20. The van der Waals surface area contributed by atoms with Gasteiger partial charge in [-0.25, -0.2) is 0 Å². The van der Waals surface area contributed by atoms with Crippen molar-refractivity contribution in [1.29, 1.82) is 0 Å². The summed E-state index contributed by atoms with van der Waals surface area (Å²) in [6, 6.07) is 9.96. The van der Waals surface area contributed by atoms with Gasteiger partial charge in [-0.05, 0) is 48.9 Å². The van der Waals surface area contributed by atoms with E-state index in [9.17, 15) is 0 Å². The van der Waals surface area contributed by atoms with Gasteiger partial charge in [0.2, 0.25) is 5.88 Å². The molecule has 1 aromatic heterocycles. The monoisotopic (exact) mass is 269 g/mol. The molecule has 0 aliphatic heterocycles. The zero-order valence-electron chi connectivity index (χ0n) is 11.6. The zero-order valence-corrected chi connectivity index (χ0v) is 11.6. The van der Waals surface area contributed by atoms with Gasteiger partial charge in [-0.1, -0.05) is 12.1 Å². The summed E-state index contributed by atoms with van der Waals surface area (Å²) in [6.07, 6.45) is 4.79. The molecule has 1 heterocycles. The molecule has 4 heteroatoms. The quantitative estimate of drug-likeness (QED) is 0.897. The molecule has 0 unspecified atom stereocenters. The highest BCUT2D eigenvalue weighted by molar-refractivity contribution is 5.71. The summed E-state index contributed by atoms with van der Waals surface area (Å²) in [6.45, 7) is 0. The van der Waals surface area contributed by atoms with E-state index < -0.39 is 0 Å². The van der Waals surface area contributed by atoms with Crippen LogP contribution in [0, 0.1) is 0 Å². The zero-order chi connectivity index (χ0) is 13.9. The van der Waals surface area contributed by atoms with Crippen molar-refractivity contribution >= 4 is 17.2 Å². The van der Waals surface area contributed by atoms with Crippen LogP contribution in [0.1, 0.15) is 24.0 Å². The van der Waals surface area contributed by atoms with E-state index in [1.807, 2.05) is 6.07 Å². The fourth-order valence-corrected chi connectivity index (χ4v) is 2.69. The molecule has 1 aliphatic rings. The summed E-state index contributed by atoms with van der Waals surface area (Å²) < 4.78 is 5.15. The van der Waals surface area contributed by atoms with Crippen LogP contribution in [0.15, 0.2) is 30.3 Å². The van der Waals surface area contributed by atoms with Crippen LogP contribution < -0.4 is 15.8 Å². The summed E-state index contributed by atoms with van der Waals surface area (Å²) in [4.78, 5) is 4.38. The molecule has 3 rings (SSSR count). The van der Waals surface area contributed by atoms with E-state index in [0.29, 0.717) is 17.4 Å². The van der Waals surface area contributed by atoms with Crippen LogP contribution >= 0.6 is 0 Å². The third-order valence-electron chi connectivity index (χ3n) is 3.76. The fourth-order valence-electron chi connectivity index (χ4n) is 2.69. The summed E-state index contributed by atoms with van der Waals surface area (Å²) >= 11 is 0. The number of aryl methyl sites for hydroxylation is 1. The van der Waals surface area contributed by atoms with E-state index in [1.54, 1.807) is 13.2 Å². The van der Waals surface area contributed by atoms with Crippen LogP contribution in [0.4, 0.5) is 17.2 Å². The smallest absolute Gasteiger partial charge is 0.215 e. The molecule has 20 heavy (non-hydrogen) atoms. The second-order valence-corrected chi connectivity index (χ2v) is 5.07. The Kier molecular flexibility index (Phi) is 3.46. The maximum atomic E-state index is 5.99. The van der Waals surface area contributed by atoms with Gasteiger partial charge in [0, 0.05) is 11.8 Å². The number of aromatic nitrogens is 1. The van der Waals surface area contributed by atoms with Crippen molar-refractivity contribution in [1.82, 2.24) is 4.98 Å². The molecular weight excluding hydrogens is 250 g/mol. The van der Waals surface area contributed by atoms with Gasteiger partial charge in [0.15, 0.2) is 5.82 Å². The second-order valence-electron chi connectivity index (χ2n) is 5.07. The predicted molar refractivity (Wildman–Crippen MR) is 81.6 cm³/mol. The fraction of sp³-hybridized carbons (Fsp3) is 0.312. The number of rotatable bonds is 3.